The molecule has 0 aromatic heterocycles. The summed E-state index contributed by atoms with van der Waals surface area (Å²) in [5.41, 5.74) is 0. The zero-order valence-corrected chi connectivity index (χ0v) is 23.3. The summed E-state index contributed by atoms with van der Waals surface area (Å²) in [5, 5.41) is 0. The zero-order valence-electron chi connectivity index (χ0n) is 23.3. The summed E-state index contributed by atoms with van der Waals surface area (Å²) >= 11 is 0. The van der Waals surface area contributed by atoms with Gasteiger partial charge in [0, 0.05) is 0 Å². The van der Waals surface area contributed by atoms with Crippen molar-refractivity contribution < 1.29 is 0 Å². The van der Waals surface area contributed by atoms with Gasteiger partial charge >= 0.3 is 0 Å². The molecule has 0 saturated heterocycles. The van der Waals surface area contributed by atoms with Crippen LogP contribution in [0.3, 0.4) is 0 Å². The van der Waals surface area contributed by atoms with Gasteiger partial charge in [-0.2, -0.15) is 0 Å². The Morgan fingerprint density at radius 2 is 0.583 bits per heavy atom. The van der Waals surface area contributed by atoms with Crippen LogP contribution in [-0.2, 0) is 0 Å². The smallest absolute Gasteiger partial charge is 0.0166 e. The molecule has 0 unspecified atom stereocenters. The fourth-order valence-corrected chi connectivity index (χ4v) is 3.40. The molecule has 0 aromatic carbocycles. The van der Waals surface area contributed by atoms with Crippen LogP contribution in [0.15, 0.2) is 122 Å². The SMILES string of the molecule is C=CC=CCC=CCCC=CCCC=CCCC=CCCC=CCCC=CCCC=CCCC=CC. The topological polar surface area (TPSA) is 0 Å². The molecule has 0 rings (SSSR count). The van der Waals surface area contributed by atoms with Crippen LogP contribution in [-0.4, -0.2) is 0 Å². The van der Waals surface area contributed by atoms with Crippen LogP contribution in [0.25, 0.3) is 0 Å². The summed E-state index contributed by atoms with van der Waals surface area (Å²) < 4.78 is 0. The molecule has 198 valence electrons. The molecule has 0 N–H and O–H groups in total. The molecule has 0 atom stereocenters. The van der Waals surface area contributed by atoms with Crippen molar-refractivity contribution in [2.24, 2.45) is 0 Å². The summed E-state index contributed by atoms with van der Waals surface area (Å²) in [5.74, 6) is 0. The van der Waals surface area contributed by atoms with Crippen LogP contribution in [0.4, 0.5) is 0 Å². The first kappa shape index (κ1) is 33.4. The molecule has 0 fully saturated rings. The first-order valence-electron chi connectivity index (χ1n) is 14.4. The second-order valence-electron chi connectivity index (χ2n) is 8.81. The van der Waals surface area contributed by atoms with E-state index in [1.165, 1.54) is 6.42 Å². The average molecular weight is 487 g/mol. The first-order chi connectivity index (χ1) is 17.9. The first-order valence-corrected chi connectivity index (χ1v) is 14.4. The number of rotatable bonds is 24. The lowest BCUT2D eigenvalue weighted by Crippen LogP contribution is -1.71. The largest absolute Gasteiger partial charge is 0.0991 e. The van der Waals surface area contributed by atoms with E-state index in [1.54, 1.807) is 0 Å². The highest BCUT2D eigenvalue weighted by Gasteiger charge is 1.83. The lowest BCUT2D eigenvalue weighted by Gasteiger charge is -1.91. The average Bonchev–Trinajstić information content (AvgIpc) is 2.89. The summed E-state index contributed by atoms with van der Waals surface area (Å²) in [6.45, 7) is 5.75. The molecule has 0 aliphatic carbocycles. The van der Waals surface area contributed by atoms with Gasteiger partial charge in [0.15, 0.2) is 0 Å². The van der Waals surface area contributed by atoms with E-state index in [9.17, 15) is 0 Å². The van der Waals surface area contributed by atoms with E-state index in [-0.39, 0.29) is 0 Å². The summed E-state index contributed by atoms with van der Waals surface area (Å²) in [6, 6.07) is 0. The number of hydrogen-bond acceptors (Lipinski definition) is 0. The van der Waals surface area contributed by atoms with Gasteiger partial charge in [0.2, 0.25) is 0 Å². The fraction of sp³-hybridized carbons (Fsp3) is 0.444. The maximum Gasteiger partial charge on any atom is -0.0166 e. The van der Waals surface area contributed by atoms with Crippen molar-refractivity contribution in [1.82, 2.24) is 0 Å². The van der Waals surface area contributed by atoms with Crippen LogP contribution in [0, 0.1) is 0 Å². The van der Waals surface area contributed by atoms with Crippen molar-refractivity contribution in [3.63, 3.8) is 0 Å². The van der Waals surface area contributed by atoms with Gasteiger partial charge in [0.05, 0.1) is 0 Å². The van der Waals surface area contributed by atoms with Crippen LogP contribution in [0.5, 0.6) is 0 Å². The number of hydrogen-bond donors (Lipinski definition) is 0. The van der Waals surface area contributed by atoms with Crippen molar-refractivity contribution in [2.75, 3.05) is 0 Å². The molecule has 0 aromatic rings. The Kier molecular flexibility index (Phi) is 30.1. The van der Waals surface area contributed by atoms with Gasteiger partial charge in [-0.3, -0.25) is 0 Å². The predicted molar refractivity (Wildman–Crippen MR) is 167 cm³/mol. The van der Waals surface area contributed by atoms with Gasteiger partial charge in [-0.1, -0.05) is 122 Å². The van der Waals surface area contributed by atoms with Gasteiger partial charge in [-0.25, -0.2) is 0 Å². The Labute approximate surface area is 225 Å². The normalized spacial score (nSPS) is 13.4. The maximum atomic E-state index is 3.67. The Hall–Kier alpha value is -2.60. The molecule has 0 aliphatic rings. The quantitative estimate of drug-likeness (QED) is 0.0722. The fourth-order valence-electron chi connectivity index (χ4n) is 3.40. The Bertz CT molecular complexity index is 715. The highest BCUT2D eigenvalue weighted by atomic mass is 13.9. The molecular formula is C36H54. The highest BCUT2D eigenvalue weighted by Crippen LogP contribution is 2.03. The van der Waals surface area contributed by atoms with Gasteiger partial charge < -0.3 is 0 Å². The second kappa shape index (κ2) is 32.4. The van der Waals surface area contributed by atoms with E-state index in [1.807, 2.05) is 12.2 Å². The maximum absolute atomic E-state index is 3.67. The van der Waals surface area contributed by atoms with Gasteiger partial charge in [0.25, 0.3) is 0 Å². The summed E-state index contributed by atoms with van der Waals surface area (Å²) in [6.07, 6.45) is 59.8. The molecule has 0 saturated carbocycles. The van der Waals surface area contributed by atoms with E-state index < -0.39 is 0 Å². The number of unbranched alkanes of at least 4 members (excludes halogenated alkanes) is 7. The minimum Gasteiger partial charge on any atom is -0.0991 e. The van der Waals surface area contributed by atoms with Crippen LogP contribution in [0.2, 0.25) is 0 Å². The van der Waals surface area contributed by atoms with Gasteiger partial charge in [-0.05, 0) is 103 Å². The highest BCUT2D eigenvalue weighted by molar-refractivity contribution is 5.01. The molecular weight excluding hydrogens is 432 g/mol. The summed E-state index contributed by atoms with van der Waals surface area (Å²) in [7, 11) is 0. The van der Waals surface area contributed by atoms with E-state index in [0.29, 0.717) is 0 Å². The minimum atomic E-state index is 1.00. The second-order valence-corrected chi connectivity index (χ2v) is 8.81. The molecule has 36 heavy (non-hydrogen) atoms. The van der Waals surface area contributed by atoms with Crippen molar-refractivity contribution >= 4 is 0 Å². The third-order valence-electron chi connectivity index (χ3n) is 5.45. The third-order valence-corrected chi connectivity index (χ3v) is 5.45. The zero-order chi connectivity index (χ0) is 26.0. The molecule has 0 heterocycles. The summed E-state index contributed by atoms with van der Waals surface area (Å²) in [4.78, 5) is 0. The molecule has 0 bridgehead atoms. The van der Waals surface area contributed by atoms with Crippen molar-refractivity contribution in [3.8, 4) is 0 Å². The molecule has 0 aliphatic heterocycles. The Morgan fingerprint density at radius 1 is 0.333 bits per heavy atom. The number of allylic oxidation sites excluding steroid dienone is 19. The minimum absolute atomic E-state index is 1.00. The Balaban J connectivity index is 3.44. The monoisotopic (exact) mass is 486 g/mol. The molecule has 0 spiro atoms. The molecule has 0 radical (unpaired) electrons. The predicted octanol–water partition coefficient (Wildman–Crippen LogP) is 12.0. The van der Waals surface area contributed by atoms with E-state index >= 15 is 0 Å². The third kappa shape index (κ3) is 31.4. The lowest BCUT2D eigenvalue weighted by molar-refractivity contribution is 0.968. The van der Waals surface area contributed by atoms with Crippen molar-refractivity contribution in [1.29, 1.82) is 0 Å². The van der Waals surface area contributed by atoms with Crippen molar-refractivity contribution in [3.05, 3.63) is 122 Å². The standard InChI is InChI=1S/C36H54/c1-3-5-7-9-11-13-15-17-19-21-23-25-27-29-31-33-35-36-34-32-30-28-26-24-22-20-18-16-14-12-10-8-6-4-2/h3-7,11-14,19-22,27-30,35-36H,1,8-10,15-18,23-26,31-34H2,2H3. The van der Waals surface area contributed by atoms with Crippen LogP contribution >= 0.6 is 0 Å². The van der Waals surface area contributed by atoms with E-state index in [4.69, 9.17) is 0 Å². The Morgan fingerprint density at radius 3 is 0.833 bits per heavy atom. The molecule has 0 amide bonds. The molecule has 0 heteroatoms. The van der Waals surface area contributed by atoms with Crippen LogP contribution < -0.4 is 0 Å². The lowest BCUT2D eigenvalue weighted by atomic mass is 10.2. The van der Waals surface area contributed by atoms with Crippen molar-refractivity contribution in [2.45, 2.75) is 103 Å². The van der Waals surface area contributed by atoms with E-state index in [2.05, 4.69) is 117 Å². The van der Waals surface area contributed by atoms with E-state index in [0.717, 1.165) is 89.9 Å². The molecule has 0 nitrogen and oxygen atoms in total. The van der Waals surface area contributed by atoms with Gasteiger partial charge in [0.1, 0.15) is 0 Å². The van der Waals surface area contributed by atoms with Crippen LogP contribution in [0.1, 0.15) is 103 Å². The van der Waals surface area contributed by atoms with Gasteiger partial charge in [-0.15, -0.1) is 0 Å².